The molecule has 11 N–H and O–H groups in total. The molecule has 10 rings (SSSR count). The molecule has 29 heteroatoms. The molecule has 2 atom stereocenters. The molecule has 0 bridgehead atoms. The third-order valence-corrected chi connectivity index (χ3v) is 15.2. The van der Waals surface area contributed by atoms with E-state index in [2.05, 4.69) is 61.8 Å². The zero-order valence-corrected chi connectivity index (χ0v) is 56.0. The Hall–Kier alpha value is -11.5. The number of nitrogens with zero attached hydrogens (tertiary/aromatic N) is 6. The summed E-state index contributed by atoms with van der Waals surface area (Å²) in [5.74, 6) is 2.67. The molecule has 522 valence electrons. The number of benzene rings is 6. The number of phenols is 3. The number of ether oxygens (including phenoxy) is 10. The van der Waals surface area contributed by atoms with Crippen LogP contribution >= 0.6 is 0 Å². The average Bonchev–Trinajstić information content (AvgIpc) is 0.827. The van der Waals surface area contributed by atoms with E-state index in [4.69, 9.17) is 53.1 Å². The monoisotopic (exact) mass is 1360 g/mol. The van der Waals surface area contributed by atoms with E-state index in [-0.39, 0.29) is 77.8 Å². The van der Waals surface area contributed by atoms with E-state index in [1.54, 1.807) is 86.0 Å². The van der Waals surface area contributed by atoms with Gasteiger partial charge in [0.25, 0.3) is 0 Å². The van der Waals surface area contributed by atoms with Crippen LogP contribution in [0.2, 0.25) is 0 Å². The number of aromatic nitrogens is 6. The predicted molar refractivity (Wildman–Crippen MR) is 370 cm³/mol. The average molecular weight is 1360 g/mol. The molecule has 0 saturated heterocycles. The molecule has 98 heavy (non-hydrogen) atoms. The number of aromatic hydroxyl groups is 3. The second-order valence-electron chi connectivity index (χ2n) is 21.7. The molecule has 0 amide bonds. The van der Waals surface area contributed by atoms with Gasteiger partial charge >= 0.3 is 0 Å². The number of phenolic OH excluding ortho intramolecular Hbond substituents is 3. The van der Waals surface area contributed by atoms with E-state index in [1.807, 2.05) is 45.9 Å². The maximum Gasteiger partial charge on any atom is 0.229 e. The second kappa shape index (κ2) is 33.8. The maximum atomic E-state index is 14.7. The molecule has 1 unspecified atom stereocenters. The van der Waals surface area contributed by atoms with Crippen LogP contribution in [0, 0.1) is 52.1 Å². The van der Waals surface area contributed by atoms with Crippen LogP contribution in [0.5, 0.6) is 74.7 Å². The van der Waals surface area contributed by atoms with Crippen LogP contribution in [0.4, 0.5) is 82.6 Å². The lowest BCUT2D eigenvalue weighted by Crippen LogP contribution is -2.33. The fourth-order valence-electron chi connectivity index (χ4n) is 10.5. The van der Waals surface area contributed by atoms with Crippen molar-refractivity contribution in [3.05, 3.63) is 137 Å². The molecule has 3 heterocycles. The van der Waals surface area contributed by atoms with Gasteiger partial charge in [-0.1, -0.05) is 7.43 Å². The third kappa shape index (κ3) is 17.7. The highest BCUT2D eigenvalue weighted by atomic mass is 19.1. The molecular formula is C69H82F3N13O13. The summed E-state index contributed by atoms with van der Waals surface area (Å²) in [6.07, 6.45) is 6.07. The molecule has 6 aromatic carbocycles. The lowest BCUT2D eigenvalue weighted by atomic mass is 9.93. The highest BCUT2D eigenvalue weighted by molar-refractivity contribution is 5.74. The van der Waals surface area contributed by atoms with Crippen LogP contribution in [0.15, 0.2) is 91.4 Å². The van der Waals surface area contributed by atoms with E-state index in [1.165, 1.54) is 39.5 Å². The summed E-state index contributed by atoms with van der Waals surface area (Å²) >= 11 is 0. The first-order valence-corrected chi connectivity index (χ1v) is 30.0. The largest absolute Gasteiger partial charge is 0.508 e. The van der Waals surface area contributed by atoms with E-state index < -0.39 is 23.2 Å². The molecule has 26 nitrogen and oxygen atoms in total. The molecular weight excluding hydrogens is 1280 g/mol. The van der Waals surface area contributed by atoms with Gasteiger partial charge in [0.15, 0.2) is 80.9 Å². The third-order valence-electron chi connectivity index (χ3n) is 15.2. The van der Waals surface area contributed by atoms with Gasteiger partial charge in [0.2, 0.25) is 23.6 Å². The van der Waals surface area contributed by atoms with Crippen molar-refractivity contribution in [3.63, 3.8) is 0 Å². The lowest BCUT2D eigenvalue weighted by Gasteiger charge is -2.28. The van der Waals surface area contributed by atoms with Crippen molar-refractivity contribution in [2.75, 3.05) is 95.9 Å². The Morgan fingerprint density at radius 3 is 1.14 bits per heavy atom. The number of halogens is 3. The Balaban J connectivity index is 0.000000207. The summed E-state index contributed by atoms with van der Waals surface area (Å²) in [5, 5.41) is 48.2. The lowest BCUT2D eigenvalue weighted by molar-refractivity contribution is 0.140. The molecule has 1 saturated carbocycles. The molecule has 1 aliphatic rings. The summed E-state index contributed by atoms with van der Waals surface area (Å²) in [6.45, 7) is 9.18. The van der Waals surface area contributed by atoms with Crippen molar-refractivity contribution < 1.29 is 75.9 Å². The van der Waals surface area contributed by atoms with Gasteiger partial charge in [-0.05, 0) is 132 Å². The van der Waals surface area contributed by atoms with Crippen molar-refractivity contribution in [1.29, 1.82) is 0 Å². The number of nitrogens with two attached hydrogens (primary N) is 1. The summed E-state index contributed by atoms with van der Waals surface area (Å²) in [4.78, 5) is 24.8. The van der Waals surface area contributed by atoms with Gasteiger partial charge in [-0.3, -0.25) is 0 Å². The number of anilines is 12. The minimum Gasteiger partial charge on any atom is -0.508 e. The first-order valence-electron chi connectivity index (χ1n) is 30.0. The van der Waals surface area contributed by atoms with Gasteiger partial charge in [0.1, 0.15) is 29.1 Å². The molecule has 9 aromatic rings. The SMILES string of the molecule is C.COc1cc(Nc2ncc(F)c(Nc3ccc(O)c(C)c3OC)n2)cc(C)c1OC.COc1cc(Nc2ncc(F)c(Nc3ccc(O)c(O)c3OC3CCC[C@H](N)C3)n2)cc(C)c1OC.COc1ccc(Nc2nc(Nc3cc(C)c(OC)c(OC)c3)ncc2F)c(OC)c1C. The number of hydrogen-bond acceptors (Lipinski definition) is 26. The standard InChI is InChI=1S/C25H30FN5O5.C22H25FN4O4.C21H23FN4O4.CH4/c1-13-9-15(11-20(34-2)22(13)35-3)29-25-28-12-17(26)24(31-25)30-18-7-8-19(32)21(33)23(18)36-16-6-4-5-14(27)10-16;1-12-9-14(10-18(29-4)19(12)30-5)25-22-24-11-15(23)21(27-22)26-16-7-8-17(28-3)13(2)20(16)31-6;1-11-8-13(9-17(28-3)18(11)29-4)24-21-23-10-14(22)20(26-21)25-15-6-7-16(27)12(2)19(15)30-5;/h7-9,11-12,14,16,32-33H,4-6,10,27H2,1-3H3,(H2,28,29,30,31);7-11H,1-6H3,(H2,24,25,26,27);6-10,27H,1-5H3,(H2,23,24,25,26);1H4/t14-,16?;;;/m0.../s1. The number of methoxy groups -OCH3 is 9. The van der Waals surface area contributed by atoms with Crippen molar-refractivity contribution in [3.8, 4) is 74.7 Å². The van der Waals surface area contributed by atoms with Gasteiger partial charge < -0.3 is 100 Å². The Morgan fingerprint density at radius 2 is 0.776 bits per heavy atom. The highest BCUT2D eigenvalue weighted by Gasteiger charge is 2.26. The summed E-state index contributed by atoms with van der Waals surface area (Å²) < 4.78 is 97.7. The van der Waals surface area contributed by atoms with Crippen molar-refractivity contribution in [1.82, 2.24) is 29.9 Å². The Morgan fingerprint density at radius 1 is 0.418 bits per heavy atom. The van der Waals surface area contributed by atoms with Crippen LogP contribution < -0.4 is 85.0 Å². The molecule has 0 radical (unpaired) electrons. The first-order chi connectivity index (χ1) is 46.6. The van der Waals surface area contributed by atoms with E-state index in [0.717, 1.165) is 60.1 Å². The van der Waals surface area contributed by atoms with Crippen molar-refractivity contribution in [2.24, 2.45) is 5.73 Å². The smallest absolute Gasteiger partial charge is 0.229 e. The first kappa shape index (κ1) is 73.9. The number of nitrogens with one attached hydrogen (secondary N) is 6. The van der Waals surface area contributed by atoms with Crippen LogP contribution in [-0.2, 0) is 0 Å². The van der Waals surface area contributed by atoms with Gasteiger partial charge in [-0.15, -0.1) is 0 Å². The maximum absolute atomic E-state index is 14.7. The number of rotatable bonds is 23. The number of hydrogen-bond donors (Lipinski definition) is 10. The van der Waals surface area contributed by atoms with E-state index >= 15 is 0 Å². The minimum atomic E-state index is -0.720. The second-order valence-corrected chi connectivity index (χ2v) is 21.7. The van der Waals surface area contributed by atoms with Crippen LogP contribution in [0.3, 0.4) is 0 Å². The Bertz CT molecular complexity index is 4250. The van der Waals surface area contributed by atoms with Gasteiger partial charge in [0.05, 0.1) is 99.6 Å². The Labute approximate surface area is 566 Å². The zero-order valence-electron chi connectivity index (χ0n) is 56.0. The molecule has 3 aromatic heterocycles. The van der Waals surface area contributed by atoms with Gasteiger partial charge in [-0.25, -0.2) is 28.1 Å². The van der Waals surface area contributed by atoms with E-state index in [0.29, 0.717) is 92.2 Å². The molecule has 0 aliphatic heterocycles. The van der Waals surface area contributed by atoms with E-state index in [9.17, 15) is 28.5 Å². The molecule has 1 fully saturated rings. The minimum absolute atomic E-state index is 0. The molecule has 0 spiro atoms. The normalized spacial score (nSPS) is 12.9. The quantitative estimate of drug-likeness (QED) is 0.0210. The van der Waals surface area contributed by atoms with Crippen LogP contribution in [0.25, 0.3) is 0 Å². The zero-order chi connectivity index (χ0) is 70.2. The van der Waals surface area contributed by atoms with Gasteiger partial charge in [0, 0.05) is 52.4 Å². The van der Waals surface area contributed by atoms with Crippen LogP contribution in [0.1, 0.15) is 60.9 Å². The predicted octanol–water partition coefficient (Wildman–Crippen LogP) is 14.3. The summed E-state index contributed by atoms with van der Waals surface area (Å²) in [6, 6.07) is 20.0. The highest BCUT2D eigenvalue weighted by Crippen LogP contribution is 2.45. The molecule has 1 aliphatic carbocycles. The van der Waals surface area contributed by atoms with Gasteiger partial charge in [-0.2, -0.15) is 15.0 Å². The van der Waals surface area contributed by atoms with Crippen LogP contribution in [-0.4, -0.2) is 121 Å². The topological polar surface area (TPSA) is 329 Å². The Kier molecular flexibility index (Phi) is 25.5. The summed E-state index contributed by atoms with van der Waals surface area (Å²) in [5.41, 5.74) is 13.1. The van der Waals surface area contributed by atoms with Crippen molar-refractivity contribution in [2.45, 2.75) is 79.9 Å². The number of aryl methyl sites for hydroxylation is 3. The van der Waals surface area contributed by atoms with Crippen molar-refractivity contribution >= 4 is 69.4 Å². The summed E-state index contributed by atoms with van der Waals surface area (Å²) in [7, 11) is 13.9. The fraction of sp³-hybridized carbons (Fsp3) is 0.304. The fourth-order valence-corrected chi connectivity index (χ4v) is 10.5.